The van der Waals surface area contributed by atoms with E-state index in [2.05, 4.69) is 5.32 Å². The lowest BCUT2D eigenvalue weighted by molar-refractivity contribution is -0.139. The highest BCUT2D eigenvalue weighted by Crippen LogP contribution is 2.08. The van der Waals surface area contributed by atoms with Gasteiger partial charge >= 0.3 is 0 Å². The van der Waals surface area contributed by atoms with Crippen molar-refractivity contribution in [1.82, 2.24) is 4.90 Å². The first kappa shape index (κ1) is 12.9. The first-order chi connectivity index (χ1) is 8.81. The van der Waals surface area contributed by atoms with Gasteiger partial charge in [0.2, 0.25) is 5.91 Å². The number of para-hydroxylation sites is 1. The van der Waals surface area contributed by atoms with E-state index in [-0.39, 0.29) is 25.1 Å². The Bertz CT molecular complexity index is 383. The molecule has 1 aliphatic rings. The molecule has 98 valence electrons. The number of hydrogen-bond acceptors (Lipinski definition) is 4. The highest BCUT2D eigenvalue weighted by Gasteiger charge is 2.26. The van der Waals surface area contributed by atoms with Gasteiger partial charge < -0.3 is 20.1 Å². The van der Waals surface area contributed by atoms with E-state index in [1.54, 1.807) is 4.90 Å². The van der Waals surface area contributed by atoms with Crippen molar-refractivity contribution in [3.05, 3.63) is 30.3 Å². The number of anilines is 1. The zero-order valence-electron chi connectivity index (χ0n) is 10.2. The Morgan fingerprint density at radius 2 is 2.22 bits per heavy atom. The molecule has 0 bridgehead atoms. The first-order valence-corrected chi connectivity index (χ1v) is 6.08. The highest BCUT2D eigenvalue weighted by atomic mass is 16.5. The molecule has 0 spiro atoms. The SMILES string of the molecule is O=C(CNc1ccccc1)N1CCOCC1CO. The van der Waals surface area contributed by atoms with Crippen molar-refractivity contribution in [2.75, 3.05) is 38.2 Å². The van der Waals surface area contributed by atoms with Gasteiger partial charge in [-0.25, -0.2) is 0 Å². The lowest BCUT2D eigenvalue weighted by Crippen LogP contribution is -2.52. The predicted molar refractivity (Wildman–Crippen MR) is 68.3 cm³/mol. The van der Waals surface area contributed by atoms with Gasteiger partial charge in [0.15, 0.2) is 0 Å². The molecule has 1 fully saturated rings. The summed E-state index contributed by atoms with van der Waals surface area (Å²) in [4.78, 5) is 13.7. The van der Waals surface area contributed by atoms with Crippen molar-refractivity contribution in [3.63, 3.8) is 0 Å². The highest BCUT2D eigenvalue weighted by molar-refractivity contribution is 5.81. The number of nitrogens with zero attached hydrogens (tertiary/aromatic N) is 1. The van der Waals surface area contributed by atoms with E-state index < -0.39 is 0 Å². The summed E-state index contributed by atoms with van der Waals surface area (Å²) in [6.45, 7) is 1.67. The average Bonchev–Trinajstić information content (AvgIpc) is 2.45. The molecule has 1 heterocycles. The normalized spacial score (nSPS) is 19.6. The standard InChI is InChI=1S/C13H18N2O3/c16-9-12-10-18-7-6-15(12)13(17)8-14-11-4-2-1-3-5-11/h1-5,12,14,16H,6-10H2. The summed E-state index contributed by atoms with van der Waals surface area (Å²) < 4.78 is 5.24. The summed E-state index contributed by atoms with van der Waals surface area (Å²) in [5.74, 6) is -0.0128. The molecule has 0 aromatic heterocycles. The second kappa shape index (κ2) is 6.37. The van der Waals surface area contributed by atoms with E-state index in [1.807, 2.05) is 30.3 Å². The van der Waals surface area contributed by atoms with Gasteiger partial charge in [-0.15, -0.1) is 0 Å². The van der Waals surface area contributed by atoms with Gasteiger partial charge in [0.05, 0.1) is 32.4 Å². The van der Waals surface area contributed by atoms with Crippen molar-refractivity contribution in [3.8, 4) is 0 Å². The van der Waals surface area contributed by atoms with Crippen LogP contribution in [0.2, 0.25) is 0 Å². The zero-order chi connectivity index (χ0) is 12.8. The number of ether oxygens (including phenoxy) is 1. The van der Waals surface area contributed by atoms with Crippen LogP contribution in [-0.2, 0) is 9.53 Å². The summed E-state index contributed by atoms with van der Waals surface area (Å²) in [7, 11) is 0. The molecule has 1 aromatic carbocycles. The summed E-state index contributed by atoms with van der Waals surface area (Å²) in [6.07, 6.45) is 0. The van der Waals surface area contributed by atoms with Crippen LogP contribution >= 0.6 is 0 Å². The van der Waals surface area contributed by atoms with Crippen LogP contribution in [0.1, 0.15) is 0 Å². The zero-order valence-corrected chi connectivity index (χ0v) is 10.2. The summed E-state index contributed by atoms with van der Waals surface area (Å²) in [6, 6.07) is 9.36. The number of hydrogen-bond donors (Lipinski definition) is 2. The molecule has 0 aliphatic carbocycles. The fourth-order valence-corrected chi connectivity index (χ4v) is 1.97. The van der Waals surface area contributed by atoms with Crippen molar-refractivity contribution in [2.24, 2.45) is 0 Å². The van der Waals surface area contributed by atoms with Gasteiger partial charge in [-0.05, 0) is 12.1 Å². The maximum absolute atomic E-state index is 12.0. The Hall–Kier alpha value is -1.59. The van der Waals surface area contributed by atoms with Gasteiger partial charge in [-0.1, -0.05) is 18.2 Å². The van der Waals surface area contributed by atoms with Crippen LogP contribution in [0.5, 0.6) is 0 Å². The molecule has 1 aromatic rings. The number of amides is 1. The Morgan fingerprint density at radius 3 is 2.94 bits per heavy atom. The summed E-state index contributed by atoms with van der Waals surface area (Å²) >= 11 is 0. The summed E-state index contributed by atoms with van der Waals surface area (Å²) in [5, 5.41) is 12.3. The third kappa shape index (κ3) is 3.21. The number of carbonyl (C=O) groups is 1. The van der Waals surface area contributed by atoms with E-state index in [4.69, 9.17) is 4.74 Å². The first-order valence-electron chi connectivity index (χ1n) is 6.08. The minimum atomic E-state index is -0.219. The second-order valence-electron chi connectivity index (χ2n) is 4.22. The molecule has 1 amide bonds. The van der Waals surface area contributed by atoms with Crippen LogP contribution in [0, 0.1) is 0 Å². The number of nitrogens with one attached hydrogen (secondary N) is 1. The lowest BCUT2D eigenvalue weighted by Gasteiger charge is -2.34. The molecule has 5 nitrogen and oxygen atoms in total. The quantitative estimate of drug-likeness (QED) is 0.808. The number of morpholine rings is 1. The monoisotopic (exact) mass is 250 g/mol. The van der Waals surface area contributed by atoms with Crippen LogP contribution < -0.4 is 5.32 Å². The van der Waals surface area contributed by atoms with Crippen molar-refractivity contribution in [1.29, 1.82) is 0 Å². The van der Waals surface area contributed by atoms with Crippen LogP contribution in [0.15, 0.2) is 30.3 Å². The molecule has 5 heteroatoms. The van der Waals surface area contributed by atoms with Gasteiger partial charge in [-0.3, -0.25) is 4.79 Å². The number of carbonyl (C=O) groups excluding carboxylic acids is 1. The van der Waals surface area contributed by atoms with Crippen molar-refractivity contribution in [2.45, 2.75) is 6.04 Å². The maximum atomic E-state index is 12.0. The van der Waals surface area contributed by atoms with Crippen LogP contribution in [0.4, 0.5) is 5.69 Å². The average molecular weight is 250 g/mol. The third-order valence-electron chi connectivity index (χ3n) is 2.98. The number of aliphatic hydroxyl groups excluding tert-OH is 1. The van der Waals surface area contributed by atoms with Gasteiger partial charge in [-0.2, -0.15) is 0 Å². The maximum Gasteiger partial charge on any atom is 0.242 e. The minimum Gasteiger partial charge on any atom is -0.394 e. The van der Waals surface area contributed by atoms with Crippen molar-refractivity contribution >= 4 is 11.6 Å². The van der Waals surface area contributed by atoms with Gasteiger partial charge in [0, 0.05) is 12.2 Å². The van der Waals surface area contributed by atoms with E-state index >= 15 is 0 Å². The third-order valence-corrected chi connectivity index (χ3v) is 2.98. The van der Waals surface area contributed by atoms with E-state index in [9.17, 15) is 9.90 Å². The van der Waals surface area contributed by atoms with Gasteiger partial charge in [0.1, 0.15) is 0 Å². The van der Waals surface area contributed by atoms with Crippen molar-refractivity contribution < 1.29 is 14.6 Å². The molecule has 0 saturated carbocycles. The number of rotatable bonds is 4. The largest absolute Gasteiger partial charge is 0.394 e. The molecule has 1 unspecified atom stereocenters. The van der Waals surface area contributed by atoms with E-state index in [0.29, 0.717) is 19.8 Å². The molecule has 18 heavy (non-hydrogen) atoms. The Morgan fingerprint density at radius 1 is 1.44 bits per heavy atom. The topological polar surface area (TPSA) is 61.8 Å². The van der Waals surface area contributed by atoms with Crippen LogP contribution in [0.3, 0.4) is 0 Å². The molecule has 0 radical (unpaired) electrons. The smallest absolute Gasteiger partial charge is 0.242 e. The molecular weight excluding hydrogens is 232 g/mol. The molecule has 2 N–H and O–H groups in total. The second-order valence-corrected chi connectivity index (χ2v) is 4.22. The summed E-state index contributed by atoms with van der Waals surface area (Å²) in [5.41, 5.74) is 0.916. The Kier molecular flexibility index (Phi) is 4.55. The Balaban J connectivity index is 1.87. The molecule has 1 aliphatic heterocycles. The van der Waals surface area contributed by atoms with E-state index in [1.165, 1.54) is 0 Å². The predicted octanol–water partition coefficient (Wildman–Crippen LogP) is 0.318. The Labute approximate surface area is 106 Å². The van der Waals surface area contributed by atoms with Crippen LogP contribution in [-0.4, -0.2) is 54.9 Å². The van der Waals surface area contributed by atoms with E-state index in [0.717, 1.165) is 5.69 Å². The fraction of sp³-hybridized carbons (Fsp3) is 0.462. The molecule has 1 saturated heterocycles. The minimum absolute atomic E-state index is 0.0128. The van der Waals surface area contributed by atoms with Crippen LogP contribution in [0.25, 0.3) is 0 Å². The molecule has 1 atom stereocenters. The lowest BCUT2D eigenvalue weighted by atomic mass is 10.2. The molecule has 2 rings (SSSR count). The van der Waals surface area contributed by atoms with Gasteiger partial charge in [0.25, 0.3) is 0 Å². The molecular formula is C13H18N2O3. The fourth-order valence-electron chi connectivity index (χ4n) is 1.97. The number of aliphatic hydroxyl groups is 1. The number of benzene rings is 1.